The van der Waals surface area contributed by atoms with Crippen LogP contribution in [-0.2, 0) is 0 Å². The first-order valence-corrected chi connectivity index (χ1v) is 7.04. The predicted molar refractivity (Wildman–Crippen MR) is 80.8 cm³/mol. The van der Waals surface area contributed by atoms with Gasteiger partial charge < -0.3 is 5.73 Å². The summed E-state index contributed by atoms with van der Waals surface area (Å²) in [5.74, 6) is -0.0106. The van der Waals surface area contributed by atoms with Gasteiger partial charge in [0.05, 0.1) is 21.2 Å². The van der Waals surface area contributed by atoms with Crippen molar-refractivity contribution in [2.24, 2.45) is 0 Å². The fourth-order valence-corrected chi connectivity index (χ4v) is 2.56. The van der Waals surface area contributed by atoms with Crippen molar-refractivity contribution in [1.29, 1.82) is 0 Å². The summed E-state index contributed by atoms with van der Waals surface area (Å²) >= 11 is 6.54. The molecule has 2 aromatic carbocycles. The summed E-state index contributed by atoms with van der Waals surface area (Å²) in [7, 11) is 0. The molecule has 0 bridgehead atoms. The van der Waals surface area contributed by atoms with Gasteiger partial charge >= 0.3 is 0 Å². The van der Waals surface area contributed by atoms with Crippen molar-refractivity contribution in [3.05, 3.63) is 51.2 Å². The van der Waals surface area contributed by atoms with Crippen LogP contribution in [0.25, 0.3) is 16.7 Å². The molecule has 0 saturated heterocycles. The van der Waals surface area contributed by atoms with E-state index in [1.165, 1.54) is 6.07 Å². The van der Waals surface area contributed by atoms with Crippen LogP contribution in [0.15, 0.2) is 45.3 Å². The lowest BCUT2D eigenvalue weighted by molar-refractivity contribution is 0.620. The van der Waals surface area contributed by atoms with Gasteiger partial charge in [0.2, 0.25) is 5.95 Å². The normalized spacial score (nSPS) is 11.1. The molecule has 0 aliphatic heterocycles. The van der Waals surface area contributed by atoms with E-state index in [1.54, 1.807) is 16.7 Å². The number of benzene rings is 2. The summed E-state index contributed by atoms with van der Waals surface area (Å²) in [4.78, 5) is 4.27. The van der Waals surface area contributed by atoms with E-state index < -0.39 is 0 Å². The molecule has 3 aromatic rings. The first-order chi connectivity index (χ1) is 9.06. The Morgan fingerprint density at radius 2 is 1.89 bits per heavy atom. The highest BCUT2D eigenvalue weighted by Crippen LogP contribution is 2.27. The van der Waals surface area contributed by atoms with E-state index >= 15 is 0 Å². The molecule has 96 valence electrons. The van der Waals surface area contributed by atoms with Gasteiger partial charge in [0.15, 0.2) is 0 Å². The molecule has 0 atom stereocenters. The van der Waals surface area contributed by atoms with E-state index in [0.29, 0.717) is 16.1 Å². The van der Waals surface area contributed by atoms with Gasteiger partial charge in [-0.15, -0.1) is 0 Å². The lowest BCUT2D eigenvalue weighted by atomic mass is 10.2. The molecule has 0 amide bonds. The van der Waals surface area contributed by atoms with Crippen LogP contribution in [0.2, 0.25) is 0 Å². The second-order valence-electron chi connectivity index (χ2n) is 4.04. The maximum atomic E-state index is 13.7. The van der Waals surface area contributed by atoms with Crippen molar-refractivity contribution in [3.63, 3.8) is 0 Å². The molecule has 1 aromatic heterocycles. The number of rotatable bonds is 1. The van der Waals surface area contributed by atoms with Crippen molar-refractivity contribution in [2.45, 2.75) is 0 Å². The minimum atomic E-state index is -0.339. The molecule has 2 N–H and O–H groups in total. The summed E-state index contributed by atoms with van der Waals surface area (Å²) in [6.45, 7) is 0. The first kappa shape index (κ1) is 12.6. The Morgan fingerprint density at radius 1 is 1.11 bits per heavy atom. The summed E-state index contributed by atoms with van der Waals surface area (Å²) in [5, 5.41) is 0. The number of fused-ring (bicyclic) bond motifs is 1. The predicted octanol–water partition coefficient (Wildman–Crippen LogP) is 4.27. The zero-order valence-corrected chi connectivity index (χ0v) is 12.7. The number of hydrogen-bond acceptors (Lipinski definition) is 2. The summed E-state index contributed by atoms with van der Waals surface area (Å²) < 4.78 is 16.7. The highest BCUT2D eigenvalue weighted by molar-refractivity contribution is 9.10. The Balaban J connectivity index is 2.31. The van der Waals surface area contributed by atoms with Gasteiger partial charge in [0.1, 0.15) is 5.82 Å². The maximum absolute atomic E-state index is 13.7. The van der Waals surface area contributed by atoms with Crippen LogP contribution in [0.4, 0.5) is 10.3 Å². The largest absolute Gasteiger partial charge is 0.369 e. The molecular weight excluding hydrogens is 377 g/mol. The molecule has 1 heterocycles. The molecule has 0 aliphatic carbocycles. The fraction of sp³-hybridized carbons (Fsp3) is 0. The average molecular weight is 385 g/mol. The van der Waals surface area contributed by atoms with Gasteiger partial charge in [-0.3, -0.25) is 4.57 Å². The molecule has 0 radical (unpaired) electrons. The van der Waals surface area contributed by atoms with E-state index in [4.69, 9.17) is 5.73 Å². The molecule has 3 nitrogen and oxygen atoms in total. The van der Waals surface area contributed by atoms with E-state index in [-0.39, 0.29) is 5.82 Å². The van der Waals surface area contributed by atoms with Gasteiger partial charge in [0.25, 0.3) is 0 Å². The number of halogens is 3. The first-order valence-electron chi connectivity index (χ1n) is 5.45. The maximum Gasteiger partial charge on any atom is 0.205 e. The fourth-order valence-electron chi connectivity index (χ4n) is 1.96. The number of nitrogens with two attached hydrogens (primary N) is 1. The van der Waals surface area contributed by atoms with Crippen molar-refractivity contribution < 1.29 is 4.39 Å². The molecule has 3 rings (SSSR count). The lowest BCUT2D eigenvalue weighted by Gasteiger charge is -2.07. The standard InChI is InChI=1S/C13H8Br2FN3/c14-7-1-4-11-12(5-7)19(13(17)18-11)8-2-3-9(15)10(16)6-8/h1-6H,(H2,17,18). The lowest BCUT2D eigenvalue weighted by Crippen LogP contribution is -2.01. The Bertz CT molecular complexity index is 783. The molecule has 0 spiro atoms. The number of imidazole rings is 1. The zero-order valence-electron chi connectivity index (χ0n) is 9.57. The molecule has 6 heteroatoms. The highest BCUT2D eigenvalue weighted by atomic mass is 79.9. The van der Waals surface area contributed by atoms with Gasteiger partial charge in [-0.05, 0) is 52.3 Å². The number of aromatic nitrogens is 2. The monoisotopic (exact) mass is 383 g/mol. The van der Waals surface area contributed by atoms with Crippen LogP contribution in [0.1, 0.15) is 0 Å². The van der Waals surface area contributed by atoms with Crippen molar-refractivity contribution >= 4 is 48.8 Å². The smallest absolute Gasteiger partial charge is 0.205 e. The van der Waals surface area contributed by atoms with Crippen LogP contribution in [0, 0.1) is 5.82 Å². The Morgan fingerprint density at radius 3 is 2.63 bits per heavy atom. The van der Waals surface area contributed by atoms with Crippen molar-refractivity contribution in [1.82, 2.24) is 9.55 Å². The van der Waals surface area contributed by atoms with Gasteiger partial charge in [0, 0.05) is 4.47 Å². The number of nitrogen functional groups attached to an aromatic ring is 1. The van der Waals surface area contributed by atoms with Crippen molar-refractivity contribution in [2.75, 3.05) is 5.73 Å². The van der Waals surface area contributed by atoms with E-state index in [2.05, 4.69) is 36.8 Å². The second kappa shape index (κ2) is 4.61. The van der Waals surface area contributed by atoms with E-state index in [0.717, 1.165) is 15.5 Å². The van der Waals surface area contributed by atoms with Gasteiger partial charge in [-0.2, -0.15) is 0 Å². The molecular formula is C13H8Br2FN3. The highest BCUT2D eigenvalue weighted by Gasteiger charge is 2.11. The van der Waals surface area contributed by atoms with Gasteiger partial charge in [-0.1, -0.05) is 15.9 Å². The SMILES string of the molecule is Nc1nc2ccc(Br)cc2n1-c1ccc(Br)c(F)c1. The number of anilines is 1. The summed E-state index contributed by atoms with van der Waals surface area (Å²) in [6, 6.07) is 10.5. The molecule has 0 aliphatic rings. The third-order valence-corrected chi connectivity index (χ3v) is 3.94. The van der Waals surface area contributed by atoms with Crippen molar-refractivity contribution in [3.8, 4) is 5.69 Å². The molecule has 0 saturated carbocycles. The minimum absolute atomic E-state index is 0.329. The quantitative estimate of drug-likeness (QED) is 0.680. The third kappa shape index (κ3) is 2.15. The van der Waals surface area contributed by atoms with E-state index in [1.807, 2.05) is 18.2 Å². The Labute approximate surface area is 125 Å². The average Bonchev–Trinajstić information content (AvgIpc) is 2.68. The second-order valence-corrected chi connectivity index (χ2v) is 5.81. The number of nitrogens with zero attached hydrogens (tertiary/aromatic N) is 2. The number of hydrogen-bond donors (Lipinski definition) is 1. The Hall–Kier alpha value is -1.40. The molecule has 0 fully saturated rings. The van der Waals surface area contributed by atoms with E-state index in [9.17, 15) is 4.39 Å². The van der Waals surface area contributed by atoms with Gasteiger partial charge in [-0.25, -0.2) is 9.37 Å². The Kier molecular flexibility index (Phi) is 3.06. The third-order valence-electron chi connectivity index (χ3n) is 2.80. The molecule has 0 unspecified atom stereocenters. The molecule has 19 heavy (non-hydrogen) atoms. The summed E-state index contributed by atoms with van der Waals surface area (Å²) in [5.41, 5.74) is 8.16. The zero-order chi connectivity index (χ0) is 13.6. The van der Waals surface area contributed by atoms with Crippen LogP contribution >= 0.6 is 31.9 Å². The van der Waals surface area contributed by atoms with Crippen LogP contribution < -0.4 is 5.73 Å². The van der Waals surface area contributed by atoms with Crippen LogP contribution in [-0.4, -0.2) is 9.55 Å². The van der Waals surface area contributed by atoms with Crippen LogP contribution in [0.5, 0.6) is 0 Å². The van der Waals surface area contributed by atoms with Crippen LogP contribution in [0.3, 0.4) is 0 Å². The topological polar surface area (TPSA) is 43.8 Å². The summed E-state index contributed by atoms with van der Waals surface area (Å²) in [6.07, 6.45) is 0. The minimum Gasteiger partial charge on any atom is -0.369 e.